The van der Waals surface area contributed by atoms with E-state index in [1.165, 1.54) is 0 Å². The summed E-state index contributed by atoms with van der Waals surface area (Å²) in [6, 6.07) is 9.26. The molecule has 0 N–H and O–H groups in total. The molecule has 2 aliphatic heterocycles. The number of carbonyl (C=O) groups is 1. The summed E-state index contributed by atoms with van der Waals surface area (Å²) in [5.74, 6) is 0.507. The minimum Gasteiger partial charge on any atom is -0.423 e. The van der Waals surface area contributed by atoms with Crippen LogP contribution in [0, 0.1) is 5.92 Å². The molecular formula is C23H34N4O2. The predicted molar refractivity (Wildman–Crippen MR) is 116 cm³/mol. The maximum Gasteiger partial charge on any atom is 0.298 e. The van der Waals surface area contributed by atoms with Gasteiger partial charge in [-0.15, -0.1) is 0 Å². The first-order valence-corrected chi connectivity index (χ1v) is 11.2. The quantitative estimate of drug-likeness (QED) is 0.741. The zero-order valence-electron chi connectivity index (χ0n) is 17.8. The molecule has 6 heteroatoms. The standard InChI is InChI=1S/C23H34N4O2/c1-3-4-13-25(2)22(28)18-8-7-14-27(17-18)19-11-15-26(16-12-19)23-24-20-9-5-6-10-21(20)29-23/h5-6,9-10,18-19H,3-4,7-8,11-17H2,1-2H3/t18-/m0/s1. The maximum absolute atomic E-state index is 12.8. The van der Waals surface area contributed by atoms with E-state index in [9.17, 15) is 4.79 Å². The lowest BCUT2D eigenvalue weighted by molar-refractivity contribution is -0.136. The van der Waals surface area contributed by atoms with E-state index in [-0.39, 0.29) is 5.92 Å². The van der Waals surface area contributed by atoms with Crippen LogP contribution in [0.25, 0.3) is 11.1 Å². The van der Waals surface area contributed by atoms with Gasteiger partial charge in [0, 0.05) is 39.3 Å². The predicted octanol–water partition coefficient (Wildman–Crippen LogP) is 3.77. The summed E-state index contributed by atoms with van der Waals surface area (Å²) >= 11 is 0. The highest BCUT2D eigenvalue weighted by Gasteiger charge is 2.33. The summed E-state index contributed by atoms with van der Waals surface area (Å²) in [6.07, 6.45) is 6.59. The van der Waals surface area contributed by atoms with Gasteiger partial charge in [-0.3, -0.25) is 9.69 Å². The molecule has 2 saturated heterocycles. The molecule has 0 saturated carbocycles. The number of amides is 1. The lowest BCUT2D eigenvalue weighted by Crippen LogP contribution is -2.51. The molecule has 2 aliphatic rings. The van der Waals surface area contributed by atoms with Crippen LogP contribution in [-0.2, 0) is 4.79 Å². The second-order valence-electron chi connectivity index (χ2n) is 8.63. The first kappa shape index (κ1) is 20.2. The zero-order chi connectivity index (χ0) is 20.2. The highest BCUT2D eigenvalue weighted by Crippen LogP contribution is 2.28. The van der Waals surface area contributed by atoms with Crippen LogP contribution in [0.5, 0.6) is 0 Å². The van der Waals surface area contributed by atoms with E-state index in [0.717, 1.165) is 88.4 Å². The molecule has 1 atom stereocenters. The molecule has 2 fully saturated rings. The second kappa shape index (κ2) is 9.16. The summed E-state index contributed by atoms with van der Waals surface area (Å²) in [4.78, 5) is 24.3. The van der Waals surface area contributed by atoms with Crippen molar-refractivity contribution >= 4 is 23.0 Å². The van der Waals surface area contributed by atoms with Crippen molar-refractivity contribution < 1.29 is 9.21 Å². The number of fused-ring (bicyclic) bond motifs is 1. The summed E-state index contributed by atoms with van der Waals surface area (Å²) in [6.45, 7) is 7.02. The molecule has 0 aliphatic carbocycles. The minimum absolute atomic E-state index is 0.167. The van der Waals surface area contributed by atoms with Crippen molar-refractivity contribution in [1.29, 1.82) is 0 Å². The Bertz CT molecular complexity index is 779. The lowest BCUT2D eigenvalue weighted by Gasteiger charge is -2.42. The summed E-state index contributed by atoms with van der Waals surface area (Å²) in [5, 5.41) is 0. The van der Waals surface area contributed by atoms with Crippen molar-refractivity contribution in [2.45, 2.75) is 51.5 Å². The van der Waals surface area contributed by atoms with Crippen LogP contribution >= 0.6 is 0 Å². The molecule has 0 unspecified atom stereocenters. The van der Waals surface area contributed by atoms with Crippen LogP contribution < -0.4 is 4.90 Å². The summed E-state index contributed by atoms with van der Waals surface area (Å²) in [7, 11) is 1.97. The van der Waals surface area contributed by atoms with Gasteiger partial charge in [-0.1, -0.05) is 25.5 Å². The molecule has 158 valence electrons. The SMILES string of the molecule is CCCCN(C)C(=O)[C@H]1CCCN(C2CCN(c3nc4ccccc4o3)CC2)C1. The van der Waals surface area contributed by atoms with Gasteiger partial charge in [0.25, 0.3) is 6.01 Å². The molecule has 6 nitrogen and oxygen atoms in total. The van der Waals surface area contributed by atoms with Gasteiger partial charge in [0.2, 0.25) is 5.91 Å². The fourth-order valence-electron chi connectivity index (χ4n) is 4.77. The van der Waals surface area contributed by atoms with Crippen LogP contribution in [0.4, 0.5) is 6.01 Å². The number of likely N-dealkylation sites (tertiary alicyclic amines) is 1. The summed E-state index contributed by atoms with van der Waals surface area (Å²) < 4.78 is 5.95. The van der Waals surface area contributed by atoms with Crippen molar-refractivity contribution in [2.75, 3.05) is 44.7 Å². The van der Waals surface area contributed by atoms with Crippen LogP contribution in [0.2, 0.25) is 0 Å². The molecule has 29 heavy (non-hydrogen) atoms. The number of carbonyl (C=O) groups excluding carboxylic acids is 1. The Morgan fingerprint density at radius 1 is 1.21 bits per heavy atom. The third-order valence-corrected chi connectivity index (χ3v) is 6.56. The van der Waals surface area contributed by atoms with Crippen molar-refractivity contribution in [3.8, 4) is 0 Å². The van der Waals surface area contributed by atoms with Gasteiger partial charge in [-0.05, 0) is 50.8 Å². The van der Waals surface area contributed by atoms with Crippen LogP contribution in [0.1, 0.15) is 45.4 Å². The van der Waals surface area contributed by atoms with Gasteiger partial charge in [-0.2, -0.15) is 4.98 Å². The third kappa shape index (κ3) is 4.58. The molecule has 0 bridgehead atoms. The van der Waals surface area contributed by atoms with Crippen LogP contribution in [-0.4, -0.2) is 66.5 Å². The van der Waals surface area contributed by atoms with Gasteiger partial charge >= 0.3 is 0 Å². The number of benzene rings is 1. The first-order chi connectivity index (χ1) is 14.2. The molecule has 0 radical (unpaired) electrons. The molecule has 1 aromatic carbocycles. The van der Waals surface area contributed by atoms with Gasteiger partial charge < -0.3 is 14.2 Å². The number of hydrogen-bond acceptors (Lipinski definition) is 5. The second-order valence-corrected chi connectivity index (χ2v) is 8.63. The monoisotopic (exact) mass is 398 g/mol. The van der Waals surface area contributed by atoms with Crippen molar-refractivity contribution in [3.63, 3.8) is 0 Å². The largest absolute Gasteiger partial charge is 0.423 e. The smallest absolute Gasteiger partial charge is 0.298 e. The van der Waals surface area contributed by atoms with Gasteiger partial charge in [0.05, 0.1) is 5.92 Å². The highest BCUT2D eigenvalue weighted by atomic mass is 16.4. The van der Waals surface area contributed by atoms with Crippen molar-refractivity contribution in [3.05, 3.63) is 24.3 Å². The van der Waals surface area contributed by atoms with E-state index in [4.69, 9.17) is 4.42 Å². The molecule has 1 aromatic heterocycles. The highest BCUT2D eigenvalue weighted by molar-refractivity contribution is 5.79. The lowest BCUT2D eigenvalue weighted by atomic mass is 9.93. The minimum atomic E-state index is 0.167. The fourth-order valence-corrected chi connectivity index (χ4v) is 4.77. The van der Waals surface area contributed by atoms with E-state index in [0.29, 0.717) is 11.9 Å². The van der Waals surface area contributed by atoms with Crippen molar-refractivity contribution in [1.82, 2.24) is 14.8 Å². The van der Waals surface area contributed by atoms with Gasteiger partial charge in [0.15, 0.2) is 5.58 Å². The number of aromatic nitrogens is 1. The Balaban J connectivity index is 1.31. The molecular weight excluding hydrogens is 364 g/mol. The Morgan fingerprint density at radius 2 is 2.00 bits per heavy atom. The number of rotatable bonds is 6. The molecule has 2 aromatic rings. The van der Waals surface area contributed by atoms with Crippen molar-refractivity contribution in [2.24, 2.45) is 5.92 Å². The summed E-state index contributed by atoms with van der Waals surface area (Å²) in [5.41, 5.74) is 1.78. The van der Waals surface area contributed by atoms with Gasteiger partial charge in [-0.25, -0.2) is 0 Å². The first-order valence-electron chi connectivity index (χ1n) is 11.2. The zero-order valence-corrected chi connectivity index (χ0v) is 17.8. The Hall–Kier alpha value is -2.08. The number of anilines is 1. The average Bonchev–Trinajstić information content (AvgIpc) is 3.21. The Kier molecular flexibility index (Phi) is 6.38. The van der Waals surface area contributed by atoms with Crippen LogP contribution in [0.3, 0.4) is 0 Å². The van der Waals surface area contributed by atoms with E-state index >= 15 is 0 Å². The normalized spacial score (nSPS) is 21.6. The maximum atomic E-state index is 12.8. The van der Waals surface area contributed by atoms with Crippen LogP contribution in [0.15, 0.2) is 28.7 Å². The third-order valence-electron chi connectivity index (χ3n) is 6.56. The number of hydrogen-bond donors (Lipinski definition) is 0. The number of para-hydroxylation sites is 2. The van der Waals surface area contributed by atoms with E-state index in [2.05, 4.69) is 21.7 Å². The molecule has 1 amide bonds. The van der Waals surface area contributed by atoms with E-state index in [1.54, 1.807) is 0 Å². The van der Waals surface area contributed by atoms with E-state index in [1.807, 2.05) is 36.2 Å². The average molecular weight is 399 g/mol. The van der Waals surface area contributed by atoms with E-state index < -0.39 is 0 Å². The topological polar surface area (TPSA) is 52.8 Å². The van der Waals surface area contributed by atoms with Gasteiger partial charge in [0.1, 0.15) is 5.52 Å². The Morgan fingerprint density at radius 3 is 2.76 bits per heavy atom. The number of nitrogens with zero attached hydrogens (tertiary/aromatic N) is 4. The fraction of sp³-hybridized carbons (Fsp3) is 0.652. The molecule has 4 rings (SSSR count). The Labute approximate surface area is 173 Å². The molecule has 3 heterocycles. The number of unbranched alkanes of at least 4 members (excludes halogenated alkanes) is 1. The number of piperidine rings is 2. The molecule has 0 spiro atoms. The number of oxazole rings is 1.